The first-order valence-electron chi connectivity index (χ1n) is 5.21. The van der Waals surface area contributed by atoms with Crippen LogP contribution in [-0.4, -0.2) is 17.7 Å². The van der Waals surface area contributed by atoms with E-state index in [2.05, 4.69) is 20.7 Å². The van der Waals surface area contributed by atoms with Crippen LogP contribution in [0.25, 0.3) is 0 Å². The number of ketones is 1. The lowest BCUT2D eigenvalue weighted by molar-refractivity contribution is -0.116. The summed E-state index contributed by atoms with van der Waals surface area (Å²) < 4.78 is 28.8. The molecule has 0 aliphatic carbocycles. The van der Waals surface area contributed by atoms with Crippen LogP contribution < -0.4 is 4.74 Å². The van der Waals surface area contributed by atoms with Crippen LogP contribution in [0.5, 0.6) is 5.75 Å². The highest BCUT2D eigenvalue weighted by atomic mass is 79.9. The fourth-order valence-corrected chi connectivity index (χ4v) is 1.66. The minimum Gasteiger partial charge on any atom is -0.435 e. The number of benzene rings is 1. The summed E-state index contributed by atoms with van der Waals surface area (Å²) in [6, 6.07) is 4.94. The molecule has 0 radical (unpaired) electrons. The zero-order valence-corrected chi connectivity index (χ0v) is 11.0. The molecule has 0 atom stereocenters. The van der Waals surface area contributed by atoms with E-state index < -0.39 is 6.61 Å². The number of carbonyl (C=O) groups is 1. The van der Waals surface area contributed by atoms with Gasteiger partial charge in [0.25, 0.3) is 0 Å². The van der Waals surface area contributed by atoms with Crippen LogP contribution in [0.1, 0.15) is 18.1 Å². The number of aryl methyl sites for hydroxylation is 1. The van der Waals surface area contributed by atoms with Crippen molar-refractivity contribution < 1.29 is 18.3 Å². The van der Waals surface area contributed by atoms with Gasteiger partial charge in [0.1, 0.15) is 11.5 Å². The largest absolute Gasteiger partial charge is 0.435 e. The molecule has 0 aromatic heterocycles. The number of Topliss-reactive ketones (excluding diaryl/α,β-unsaturated/α-hetero) is 1. The number of alkyl halides is 3. The second-order valence-electron chi connectivity index (χ2n) is 3.52. The van der Waals surface area contributed by atoms with Crippen molar-refractivity contribution in [3.05, 3.63) is 29.3 Å². The van der Waals surface area contributed by atoms with Crippen LogP contribution in [0, 0.1) is 0 Å². The van der Waals surface area contributed by atoms with E-state index in [0.717, 1.165) is 12.0 Å². The predicted molar refractivity (Wildman–Crippen MR) is 65.0 cm³/mol. The zero-order chi connectivity index (χ0) is 12.8. The molecule has 0 saturated carbocycles. The molecular weight excluding hydrogens is 294 g/mol. The molecule has 0 aliphatic heterocycles. The molecule has 1 aromatic rings. The first-order chi connectivity index (χ1) is 8.06. The highest BCUT2D eigenvalue weighted by Gasteiger charge is 2.12. The predicted octanol–water partition coefficient (Wildman–Crippen LogP) is 3.36. The van der Waals surface area contributed by atoms with Crippen molar-refractivity contribution in [2.24, 2.45) is 0 Å². The highest BCUT2D eigenvalue weighted by Crippen LogP contribution is 2.23. The van der Waals surface area contributed by atoms with E-state index >= 15 is 0 Å². The molecule has 17 heavy (non-hydrogen) atoms. The molecule has 0 spiro atoms. The second kappa shape index (κ2) is 6.69. The zero-order valence-electron chi connectivity index (χ0n) is 9.38. The fourth-order valence-electron chi connectivity index (χ4n) is 1.46. The Morgan fingerprint density at radius 3 is 2.71 bits per heavy atom. The van der Waals surface area contributed by atoms with E-state index in [1.807, 2.05) is 6.92 Å². The Hall–Kier alpha value is -0.970. The first kappa shape index (κ1) is 14.1. The quantitative estimate of drug-likeness (QED) is 0.753. The third-order valence-electron chi connectivity index (χ3n) is 2.29. The lowest BCUT2D eigenvalue weighted by atomic mass is 10.0. The highest BCUT2D eigenvalue weighted by molar-refractivity contribution is 9.09. The monoisotopic (exact) mass is 306 g/mol. The summed E-state index contributed by atoms with van der Waals surface area (Å²) in [6.45, 7) is -0.917. The molecule has 94 valence electrons. The molecule has 1 aromatic carbocycles. The van der Waals surface area contributed by atoms with E-state index in [4.69, 9.17) is 0 Å². The lowest BCUT2D eigenvalue weighted by Gasteiger charge is -2.11. The van der Waals surface area contributed by atoms with Crippen molar-refractivity contribution in [2.45, 2.75) is 26.4 Å². The number of carbonyl (C=O) groups excluding carboxylic acids is 1. The van der Waals surface area contributed by atoms with Crippen molar-refractivity contribution in [1.82, 2.24) is 0 Å². The smallest absolute Gasteiger partial charge is 0.387 e. The lowest BCUT2D eigenvalue weighted by Crippen LogP contribution is -2.09. The summed E-state index contributed by atoms with van der Waals surface area (Å²) in [4.78, 5) is 11.3. The van der Waals surface area contributed by atoms with Gasteiger partial charge in [-0.05, 0) is 18.1 Å². The second-order valence-corrected chi connectivity index (χ2v) is 4.08. The van der Waals surface area contributed by atoms with Crippen molar-refractivity contribution in [3.63, 3.8) is 0 Å². The summed E-state index contributed by atoms with van der Waals surface area (Å²) in [7, 11) is 0. The van der Waals surface area contributed by atoms with E-state index in [9.17, 15) is 13.6 Å². The van der Waals surface area contributed by atoms with Crippen LogP contribution in [0.4, 0.5) is 8.78 Å². The summed E-state index contributed by atoms with van der Waals surface area (Å²) in [5, 5.41) is 0.206. The van der Waals surface area contributed by atoms with Gasteiger partial charge in [0.05, 0.1) is 5.33 Å². The Labute approximate surface area is 107 Å². The van der Waals surface area contributed by atoms with Gasteiger partial charge in [-0.25, -0.2) is 0 Å². The van der Waals surface area contributed by atoms with Gasteiger partial charge in [-0.1, -0.05) is 35.0 Å². The Morgan fingerprint density at radius 2 is 2.18 bits per heavy atom. The molecule has 2 nitrogen and oxygen atoms in total. The van der Waals surface area contributed by atoms with Crippen LogP contribution >= 0.6 is 15.9 Å². The minimum absolute atomic E-state index is 0.0719. The van der Waals surface area contributed by atoms with Crippen molar-refractivity contribution in [2.75, 3.05) is 5.33 Å². The SMILES string of the molecule is CCc1ccc(OC(F)F)c(CC(=O)CBr)c1. The van der Waals surface area contributed by atoms with Crippen LogP contribution in [0.15, 0.2) is 18.2 Å². The molecule has 0 fully saturated rings. The van der Waals surface area contributed by atoms with Crippen molar-refractivity contribution >= 4 is 21.7 Å². The van der Waals surface area contributed by atoms with Gasteiger partial charge in [0.2, 0.25) is 0 Å². The Kier molecular flexibility index (Phi) is 5.55. The number of rotatable bonds is 6. The fraction of sp³-hybridized carbons (Fsp3) is 0.417. The molecular formula is C12H13BrF2O2. The average Bonchev–Trinajstić information content (AvgIpc) is 2.30. The molecule has 0 bridgehead atoms. The number of ether oxygens (including phenoxy) is 1. The maximum atomic E-state index is 12.2. The topological polar surface area (TPSA) is 26.3 Å². The summed E-state index contributed by atoms with van der Waals surface area (Å²) in [6.07, 6.45) is 0.881. The van der Waals surface area contributed by atoms with E-state index in [0.29, 0.717) is 5.56 Å². The maximum absolute atomic E-state index is 12.2. The molecule has 0 heterocycles. The summed E-state index contributed by atoms with van der Waals surface area (Å²) in [5.74, 6) is 0.00358. The normalized spacial score (nSPS) is 10.6. The van der Waals surface area contributed by atoms with Gasteiger partial charge < -0.3 is 4.74 Å². The number of halogens is 3. The van der Waals surface area contributed by atoms with Gasteiger partial charge >= 0.3 is 6.61 Å². The number of hydrogen-bond acceptors (Lipinski definition) is 2. The minimum atomic E-state index is -2.87. The standard InChI is InChI=1S/C12H13BrF2O2/c1-2-8-3-4-11(17-12(14)15)9(5-8)6-10(16)7-13/h3-5,12H,2,6-7H2,1H3. The summed E-state index contributed by atoms with van der Waals surface area (Å²) in [5.41, 5.74) is 1.50. The average molecular weight is 307 g/mol. The molecule has 0 saturated heterocycles. The van der Waals surface area contributed by atoms with Crippen molar-refractivity contribution in [3.8, 4) is 5.75 Å². The van der Waals surface area contributed by atoms with Gasteiger partial charge in [-0.2, -0.15) is 8.78 Å². The third kappa shape index (κ3) is 4.42. The van der Waals surface area contributed by atoms with E-state index in [1.165, 1.54) is 6.07 Å². The first-order valence-corrected chi connectivity index (χ1v) is 6.33. The Morgan fingerprint density at radius 1 is 1.47 bits per heavy atom. The van der Waals surface area contributed by atoms with Crippen molar-refractivity contribution in [1.29, 1.82) is 0 Å². The Balaban J connectivity index is 2.98. The van der Waals surface area contributed by atoms with Crippen LogP contribution in [-0.2, 0) is 17.6 Å². The van der Waals surface area contributed by atoms with E-state index in [-0.39, 0.29) is 23.3 Å². The Bertz CT molecular complexity index is 394. The van der Waals surface area contributed by atoms with Crippen LogP contribution in [0.2, 0.25) is 0 Å². The molecule has 0 N–H and O–H groups in total. The van der Waals surface area contributed by atoms with Gasteiger partial charge in [0, 0.05) is 12.0 Å². The van der Waals surface area contributed by atoms with Gasteiger partial charge in [-0.3, -0.25) is 4.79 Å². The number of hydrogen-bond donors (Lipinski definition) is 0. The van der Waals surface area contributed by atoms with Crippen LogP contribution in [0.3, 0.4) is 0 Å². The van der Waals surface area contributed by atoms with Gasteiger partial charge in [0.15, 0.2) is 0 Å². The molecule has 0 unspecified atom stereocenters. The molecule has 0 amide bonds. The molecule has 0 aliphatic rings. The maximum Gasteiger partial charge on any atom is 0.387 e. The van der Waals surface area contributed by atoms with Gasteiger partial charge in [-0.15, -0.1) is 0 Å². The van der Waals surface area contributed by atoms with E-state index in [1.54, 1.807) is 12.1 Å². The third-order valence-corrected chi connectivity index (χ3v) is 2.91. The molecule has 5 heteroatoms. The summed E-state index contributed by atoms with van der Waals surface area (Å²) >= 11 is 3.04. The molecule has 1 rings (SSSR count).